The first-order chi connectivity index (χ1) is 10.2. The highest BCUT2D eigenvalue weighted by molar-refractivity contribution is 5.96. The molecule has 21 heavy (non-hydrogen) atoms. The van der Waals surface area contributed by atoms with E-state index >= 15 is 0 Å². The molecule has 0 spiro atoms. The van der Waals surface area contributed by atoms with Crippen molar-refractivity contribution >= 4 is 11.6 Å². The molecule has 116 valence electrons. The Bertz CT molecular complexity index is 468. The average molecular weight is 290 g/mol. The van der Waals surface area contributed by atoms with E-state index in [2.05, 4.69) is 5.32 Å². The molecule has 0 aliphatic heterocycles. The maximum absolute atomic E-state index is 12.1. The topological polar surface area (TPSA) is 64.4 Å². The Balaban J connectivity index is 1.66. The third-order valence-electron chi connectivity index (χ3n) is 4.02. The summed E-state index contributed by atoms with van der Waals surface area (Å²) in [6, 6.07) is 5.41. The molecule has 3 N–H and O–H groups in total. The number of ether oxygens (including phenoxy) is 1. The smallest absolute Gasteiger partial charge is 0.251 e. The van der Waals surface area contributed by atoms with Gasteiger partial charge in [0, 0.05) is 24.4 Å². The number of anilines is 1. The zero-order valence-electron chi connectivity index (χ0n) is 12.9. The van der Waals surface area contributed by atoms with Crippen LogP contribution in [0.15, 0.2) is 18.2 Å². The van der Waals surface area contributed by atoms with Gasteiger partial charge in [0.1, 0.15) is 0 Å². The molecule has 1 aromatic rings. The quantitative estimate of drug-likeness (QED) is 0.625. The monoisotopic (exact) mass is 290 g/mol. The fourth-order valence-corrected chi connectivity index (χ4v) is 2.74. The Kier molecular flexibility index (Phi) is 6.05. The van der Waals surface area contributed by atoms with Gasteiger partial charge in [0.2, 0.25) is 0 Å². The Labute approximate surface area is 127 Å². The van der Waals surface area contributed by atoms with E-state index in [0.717, 1.165) is 18.6 Å². The van der Waals surface area contributed by atoms with Crippen molar-refractivity contribution in [2.75, 3.05) is 18.9 Å². The minimum atomic E-state index is -0.0579. The normalized spacial score (nSPS) is 15.9. The number of nitrogens with two attached hydrogens (primary N) is 1. The number of hydrogen-bond donors (Lipinski definition) is 2. The van der Waals surface area contributed by atoms with E-state index in [-0.39, 0.29) is 5.91 Å². The number of hydrogen-bond acceptors (Lipinski definition) is 3. The molecule has 0 aromatic heterocycles. The summed E-state index contributed by atoms with van der Waals surface area (Å²) in [5, 5.41) is 2.93. The van der Waals surface area contributed by atoms with Crippen LogP contribution in [0, 0.1) is 6.92 Å². The summed E-state index contributed by atoms with van der Waals surface area (Å²) >= 11 is 0. The van der Waals surface area contributed by atoms with Crippen LogP contribution >= 0.6 is 0 Å². The number of nitrogen functional groups attached to an aromatic ring is 1. The van der Waals surface area contributed by atoms with Gasteiger partial charge in [0.15, 0.2) is 0 Å². The Morgan fingerprint density at radius 2 is 2.10 bits per heavy atom. The Morgan fingerprint density at radius 1 is 1.33 bits per heavy atom. The molecular formula is C17H26N2O2. The summed E-state index contributed by atoms with van der Waals surface area (Å²) in [6.07, 6.45) is 7.58. The van der Waals surface area contributed by atoms with Crippen molar-refractivity contribution < 1.29 is 9.53 Å². The average Bonchev–Trinajstić information content (AvgIpc) is 2.50. The van der Waals surface area contributed by atoms with Crippen LogP contribution in [0.3, 0.4) is 0 Å². The lowest BCUT2D eigenvalue weighted by Gasteiger charge is -2.21. The van der Waals surface area contributed by atoms with Gasteiger partial charge < -0.3 is 15.8 Å². The molecule has 2 rings (SSSR count). The fourth-order valence-electron chi connectivity index (χ4n) is 2.74. The minimum absolute atomic E-state index is 0.0579. The van der Waals surface area contributed by atoms with Crippen LogP contribution in [-0.2, 0) is 4.74 Å². The first-order valence-electron chi connectivity index (χ1n) is 7.93. The van der Waals surface area contributed by atoms with Crippen LogP contribution in [0.1, 0.15) is 54.4 Å². The predicted molar refractivity (Wildman–Crippen MR) is 85.4 cm³/mol. The number of nitrogens with one attached hydrogen (secondary N) is 1. The van der Waals surface area contributed by atoms with Crippen molar-refractivity contribution in [2.24, 2.45) is 0 Å². The highest BCUT2D eigenvalue weighted by Crippen LogP contribution is 2.20. The van der Waals surface area contributed by atoms with Gasteiger partial charge in [-0.15, -0.1) is 0 Å². The van der Waals surface area contributed by atoms with Crippen LogP contribution < -0.4 is 11.1 Å². The summed E-state index contributed by atoms with van der Waals surface area (Å²) in [6.45, 7) is 3.28. The highest BCUT2D eigenvalue weighted by Gasteiger charge is 2.13. The van der Waals surface area contributed by atoms with Crippen LogP contribution in [-0.4, -0.2) is 25.2 Å². The predicted octanol–water partition coefficient (Wildman–Crippen LogP) is 3.05. The molecule has 0 saturated heterocycles. The van der Waals surface area contributed by atoms with Gasteiger partial charge in [0.25, 0.3) is 5.91 Å². The van der Waals surface area contributed by atoms with Gasteiger partial charge >= 0.3 is 0 Å². The van der Waals surface area contributed by atoms with Crippen molar-refractivity contribution in [1.82, 2.24) is 5.32 Å². The van der Waals surface area contributed by atoms with E-state index in [1.165, 1.54) is 32.1 Å². The zero-order chi connectivity index (χ0) is 15.1. The second kappa shape index (κ2) is 8.03. The van der Waals surface area contributed by atoms with Crippen LogP contribution in [0.4, 0.5) is 5.69 Å². The third-order valence-corrected chi connectivity index (χ3v) is 4.02. The van der Waals surface area contributed by atoms with Crippen molar-refractivity contribution in [2.45, 2.75) is 51.6 Å². The molecule has 4 nitrogen and oxygen atoms in total. The molecule has 1 aliphatic carbocycles. The van der Waals surface area contributed by atoms with E-state index in [9.17, 15) is 4.79 Å². The molecule has 4 heteroatoms. The van der Waals surface area contributed by atoms with Gasteiger partial charge in [-0.05, 0) is 43.9 Å². The summed E-state index contributed by atoms with van der Waals surface area (Å²) in [4.78, 5) is 12.1. The largest absolute Gasteiger partial charge is 0.399 e. The molecule has 0 atom stereocenters. The maximum atomic E-state index is 12.1. The molecule has 1 saturated carbocycles. The number of rotatable bonds is 6. The van der Waals surface area contributed by atoms with Gasteiger partial charge in [-0.3, -0.25) is 4.79 Å². The number of aryl methyl sites for hydroxylation is 1. The first-order valence-corrected chi connectivity index (χ1v) is 7.93. The van der Waals surface area contributed by atoms with E-state index in [0.29, 0.717) is 23.9 Å². The lowest BCUT2D eigenvalue weighted by Crippen LogP contribution is -2.27. The minimum Gasteiger partial charge on any atom is -0.399 e. The lowest BCUT2D eigenvalue weighted by molar-refractivity contribution is 0.0273. The first kappa shape index (κ1) is 15.8. The molecule has 0 heterocycles. The van der Waals surface area contributed by atoms with Crippen LogP contribution in [0.25, 0.3) is 0 Å². The molecule has 1 aliphatic rings. The summed E-state index contributed by atoms with van der Waals surface area (Å²) in [5.41, 5.74) is 7.94. The standard InChI is InChI=1S/C17H26N2O2/c1-13-8-9-14(18)12-16(13)17(20)19-10-5-11-21-15-6-3-2-4-7-15/h8-9,12,15H,2-7,10-11,18H2,1H3,(H,19,20). The fraction of sp³-hybridized carbons (Fsp3) is 0.588. The molecule has 1 aromatic carbocycles. The second-order valence-electron chi connectivity index (χ2n) is 5.81. The summed E-state index contributed by atoms with van der Waals surface area (Å²) in [7, 11) is 0. The molecule has 0 bridgehead atoms. The summed E-state index contributed by atoms with van der Waals surface area (Å²) < 4.78 is 5.84. The number of carbonyl (C=O) groups excluding carboxylic acids is 1. The van der Waals surface area contributed by atoms with Crippen molar-refractivity contribution in [3.63, 3.8) is 0 Å². The van der Waals surface area contributed by atoms with Crippen molar-refractivity contribution in [1.29, 1.82) is 0 Å². The van der Waals surface area contributed by atoms with Gasteiger partial charge in [-0.25, -0.2) is 0 Å². The molecule has 1 fully saturated rings. The van der Waals surface area contributed by atoms with Gasteiger partial charge in [-0.2, -0.15) is 0 Å². The number of benzene rings is 1. The van der Waals surface area contributed by atoms with Crippen LogP contribution in [0.5, 0.6) is 0 Å². The third kappa shape index (κ3) is 5.05. The molecule has 0 unspecified atom stereocenters. The second-order valence-corrected chi connectivity index (χ2v) is 5.81. The van der Waals surface area contributed by atoms with E-state index in [1.807, 2.05) is 19.1 Å². The van der Waals surface area contributed by atoms with Crippen molar-refractivity contribution in [3.8, 4) is 0 Å². The van der Waals surface area contributed by atoms with Gasteiger partial charge in [-0.1, -0.05) is 25.3 Å². The Morgan fingerprint density at radius 3 is 2.86 bits per heavy atom. The number of carbonyl (C=O) groups is 1. The van der Waals surface area contributed by atoms with Crippen molar-refractivity contribution in [3.05, 3.63) is 29.3 Å². The molecule has 0 radical (unpaired) electrons. The van der Waals surface area contributed by atoms with E-state index in [4.69, 9.17) is 10.5 Å². The number of amides is 1. The van der Waals surface area contributed by atoms with Crippen LogP contribution in [0.2, 0.25) is 0 Å². The molecular weight excluding hydrogens is 264 g/mol. The van der Waals surface area contributed by atoms with E-state index < -0.39 is 0 Å². The highest BCUT2D eigenvalue weighted by atomic mass is 16.5. The van der Waals surface area contributed by atoms with Gasteiger partial charge in [0.05, 0.1) is 6.10 Å². The summed E-state index contributed by atoms with van der Waals surface area (Å²) in [5.74, 6) is -0.0579. The maximum Gasteiger partial charge on any atom is 0.251 e. The Hall–Kier alpha value is -1.55. The van der Waals surface area contributed by atoms with E-state index in [1.54, 1.807) is 6.07 Å². The zero-order valence-corrected chi connectivity index (χ0v) is 12.9. The molecule has 1 amide bonds. The lowest BCUT2D eigenvalue weighted by atomic mass is 9.98. The SMILES string of the molecule is Cc1ccc(N)cc1C(=O)NCCCOC1CCCCC1.